The van der Waals surface area contributed by atoms with Gasteiger partial charge in [0.2, 0.25) is 0 Å². The van der Waals surface area contributed by atoms with E-state index in [0.29, 0.717) is 6.04 Å². The smallest absolute Gasteiger partial charge is 0.0589 e. The van der Waals surface area contributed by atoms with Crippen molar-refractivity contribution in [2.45, 2.75) is 45.6 Å². The van der Waals surface area contributed by atoms with E-state index in [1.54, 1.807) is 7.11 Å². The summed E-state index contributed by atoms with van der Waals surface area (Å²) in [4.78, 5) is 2.56. The predicted molar refractivity (Wildman–Crippen MR) is 78.0 cm³/mol. The van der Waals surface area contributed by atoms with Gasteiger partial charge in [0.15, 0.2) is 0 Å². The largest absolute Gasteiger partial charge is 0.383 e. The van der Waals surface area contributed by atoms with Gasteiger partial charge >= 0.3 is 0 Å². The van der Waals surface area contributed by atoms with Gasteiger partial charge in [0, 0.05) is 32.8 Å². The van der Waals surface area contributed by atoms with Gasteiger partial charge in [-0.15, -0.1) is 0 Å². The fraction of sp³-hybridized carbons (Fsp3) is 1.00. The number of nitrogens with zero attached hydrogens (tertiary/aromatic N) is 1. The minimum absolute atomic E-state index is 0.656. The first kappa shape index (κ1) is 15.9. The molecule has 0 saturated heterocycles. The third-order valence-corrected chi connectivity index (χ3v) is 4.03. The van der Waals surface area contributed by atoms with Gasteiger partial charge in [-0.05, 0) is 31.7 Å². The molecule has 1 rings (SSSR count). The van der Waals surface area contributed by atoms with Crippen LogP contribution in [0.4, 0.5) is 0 Å². The van der Waals surface area contributed by atoms with E-state index in [4.69, 9.17) is 4.74 Å². The summed E-state index contributed by atoms with van der Waals surface area (Å²) in [6, 6.07) is 0.656. The molecular formula is C15H32N2O. The van der Waals surface area contributed by atoms with Gasteiger partial charge in [-0.25, -0.2) is 0 Å². The SMILES string of the molecule is CNC(CN(CCOC)CC(C)C)C1CCCC1. The van der Waals surface area contributed by atoms with Gasteiger partial charge in [0.1, 0.15) is 0 Å². The molecule has 1 saturated carbocycles. The molecule has 0 bridgehead atoms. The van der Waals surface area contributed by atoms with E-state index >= 15 is 0 Å². The number of ether oxygens (including phenoxy) is 1. The first-order valence-corrected chi connectivity index (χ1v) is 7.56. The van der Waals surface area contributed by atoms with E-state index in [1.165, 1.54) is 38.8 Å². The molecule has 1 aliphatic carbocycles. The maximum Gasteiger partial charge on any atom is 0.0589 e. The van der Waals surface area contributed by atoms with Gasteiger partial charge in [-0.1, -0.05) is 26.7 Å². The van der Waals surface area contributed by atoms with Crippen molar-refractivity contribution in [1.82, 2.24) is 10.2 Å². The molecule has 1 N–H and O–H groups in total. The summed E-state index contributed by atoms with van der Waals surface area (Å²) in [6.45, 7) is 8.83. The molecule has 0 aliphatic heterocycles. The first-order valence-electron chi connectivity index (χ1n) is 7.56. The molecule has 0 aromatic rings. The third kappa shape index (κ3) is 5.68. The Labute approximate surface area is 113 Å². The monoisotopic (exact) mass is 256 g/mol. The van der Waals surface area contributed by atoms with Crippen LogP contribution in [0.1, 0.15) is 39.5 Å². The second-order valence-electron chi connectivity index (χ2n) is 6.09. The lowest BCUT2D eigenvalue weighted by atomic mass is 9.97. The Morgan fingerprint density at radius 1 is 1.22 bits per heavy atom. The molecule has 0 radical (unpaired) electrons. The summed E-state index contributed by atoms with van der Waals surface area (Å²) < 4.78 is 5.23. The van der Waals surface area contributed by atoms with E-state index in [2.05, 4.69) is 31.1 Å². The van der Waals surface area contributed by atoms with Crippen molar-refractivity contribution < 1.29 is 4.74 Å². The summed E-state index contributed by atoms with van der Waals surface area (Å²) in [7, 11) is 3.91. The van der Waals surface area contributed by atoms with Crippen molar-refractivity contribution in [2.75, 3.05) is 40.4 Å². The van der Waals surface area contributed by atoms with E-state index in [0.717, 1.165) is 25.0 Å². The molecule has 108 valence electrons. The van der Waals surface area contributed by atoms with Crippen molar-refractivity contribution in [2.24, 2.45) is 11.8 Å². The summed E-state index contributed by atoms with van der Waals surface area (Å²) in [5, 5.41) is 3.54. The number of methoxy groups -OCH3 is 1. The van der Waals surface area contributed by atoms with Gasteiger partial charge in [0.25, 0.3) is 0 Å². The molecule has 0 aromatic carbocycles. The fourth-order valence-corrected chi connectivity index (χ4v) is 3.11. The number of rotatable bonds is 9. The third-order valence-electron chi connectivity index (χ3n) is 4.03. The highest BCUT2D eigenvalue weighted by Gasteiger charge is 2.25. The molecule has 0 amide bonds. The molecule has 3 heteroatoms. The predicted octanol–water partition coefficient (Wildman–Crippen LogP) is 2.37. The van der Waals surface area contributed by atoms with Crippen LogP contribution in [0.2, 0.25) is 0 Å². The summed E-state index contributed by atoms with van der Waals surface area (Å²) >= 11 is 0. The molecule has 18 heavy (non-hydrogen) atoms. The highest BCUT2D eigenvalue weighted by Crippen LogP contribution is 2.28. The highest BCUT2D eigenvalue weighted by molar-refractivity contribution is 4.82. The maximum absolute atomic E-state index is 5.23. The fourth-order valence-electron chi connectivity index (χ4n) is 3.11. The minimum atomic E-state index is 0.656. The van der Waals surface area contributed by atoms with Gasteiger partial charge in [-0.3, -0.25) is 4.90 Å². The highest BCUT2D eigenvalue weighted by atomic mass is 16.5. The van der Waals surface area contributed by atoms with Gasteiger partial charge in [0.05, 0.1) is 6.61 Å². The number of likely N-dealkylation sites (N-methyl/N-ethyl adjacent to an activating group) is 1. The molecule has 1 atom stereocenters. The van der Waals surface area contributed by atoms with Crippen LogP contribution in [0, 0.1) is 11.8 Å². The van der Waals surface area contributed by atoms with E-state index in [9.17, 15) is 0 Å². The van der Waals surface area contributed by atoms with Crippen LogP contribution in [0.15, 0.2) is 0 Å². The molecule has 1 fully saturated rings. The lowest BCUT2D eigenvalue weighted by molar-refractivity contribution is 0.125. The first-order chi connectivity index (χ1) is 8.67. The lowest BCUT2D eigenvalue weighted by Crippen LogP contribution is -2.45. The molecule has 1 aliphatic rings. The Balaban J connectivity index is 2.44. The van der Waals surface area contributed by atoms with Crippen LogP contribution in [0.25, 0.3) is 0 Å². The number of hydrogen-bond acceptors (Lipinski definition) is 3. The van der Waals surface area contributed by atoms with E-state index < -0.39 is 0 Å². The van der Waals surface area contributed by atoms with Crippen molar-refractivity contribution in [3.05, 3.63) is 0 Å². The van der Waals surface area contributed by atoms with Gasteiger partial charge < -0.3 is 10.1 Å². The molecule has 3 nitrogen and oxygen atoms in total. The Kier molecular flexibility index (Phi) is 7.87. The second-order valence-corrected chi connectivity index (χ2v) is 6.09. The Morgan fingerprint density at radius 3 is 2.39 bits per heavy atom. The van der Waals surface area contributed by atoms with Crippen LogP contribution in [0.5, 0.6) is 0 Å². The maximum atomic E-state index is 5.23. The summed E-state index contributed by atoms with van der Waals surface area (Å²) in [6.07, 6.45) is 5.66. The number of nitrogens with one attached hydrogen (secondary N) is 1. The molecule has 0 aromatic heterocycles. The van der Waals surface area contributed by atoms with Crippen molar-refractivity contribution in [1.29, 1.82) is 0 Å². The zero-order valence-electron chi connectivity index (χ0n) is 12.7. The molecule has 0 heterocycles. The number of hydrogen-bond donors (Lipinski definition) is 1. The Morgan fingerprint density at radius 2 is 1.89 bits per heavy atom. The molecular weight excluding hydrogens is 224 g/mol. The van der Waals surface area contributed by atoms with Crippen molar-refractivity contribution >= 4 is 0 Å². The van der Waals surface area contributed by atoms with Crippen LogP contribution in [0.3, 0.4) is 0 Å². The lowest BCUT2D eigenvalue weighted by Gasteiger charge is -2.31. The Bertz CT molecular complexity index is 203. The van der Waals surface area contributed by atoms with Crippen LogP contribution < -0.4 is 5.32 Å². The second kappa shape index (κ2) is 8.89. The van der Waals surface area contributed by atoms with E-state index in [1.807, 2.05) is 0 Å². The van der Waals surface area contributed by atoms with Crippen molar-refractivity contribution in [3.8, 4) is 0 Å². The average molecular weight is 256 g/mol. The summed E-state index contributed by atoms with van der Waals surface area (Å²) in [5.41, 5.74) is 0. The van der Waals surface area contributed by atoms with Crippen LogP contribution >= 0.6 is 0 Å². The zero-order chi connectivity index (χ0) is 13.4. The zero-order valence-corrected chi connectivity index (χ0v) is 12.7. The summed E-state index contributed by atoms with van der Waals surface area (Å²) in [5.74, 6) is 1.61. The van der Waals surface area contributed by atoms with Gasteiger partial charge in [-0.2, -0.15) is 0 Å². The van der Waals surface area contributed by atoms with Crippen LogP contribution in [-0.2, 0) is 4.74 Å². The standard InChI is InChI=1S/C15H32N2O/c1-13(2)11-17(9-10-18-4)12-15(16-3)14-7-5-6-8-14/h13-16H,5-12H2,1-4H3. The van der Waals surface area contributed by atoms with Crippen molar-refractivity contribution in [3.63, 3.8) is 0 Å². The normalized spacial score (nSPS) is 19.0. The minimum Gasteiger partial charge on any atom is -0.383 e. The topological polar surface area (TPSA) is 24.5 Å². The van der Waals surface area contributed by atoms with Crippen LogP contribution in [-0.4, -0.2) is 51.3 Å². The molecule has 1 unspecified atom stereocenters. The van der Waals surface area contributed by atoms with E-state index in [-0.39, 0.29) is 0 Å². The quantitative estimate of drug-likeness (QED) is 0.685. The average Bonchev–Trinajstić information content (AvgIpc) is 2.85. The Hall–Kier alpha value is -0.120. The molecule has 0 spiro atoms.